The Balaban J connectivity index is 1.68. The summed E-state index contributed by atoms with van der Waals surface area (Å²) in [6.07, 6.45) is 1.97. The SMILES string of the molecule is C[C@H](NC(=O)C1CCCN1)c1ccc(-c2scnc2CO)cc1. The van der Waals surface area contributed by atoms with E-state index >= 15 is 0 Å². The fourth-order valence-corrected chi connectivity index (χ4v) is 3.66. The molecule has 1 aliphatic heterocycles. The number of thiazole rings is 1. The van der Waals surface area contributed by atoms with Crippen molar-refractivity contribution < 1.29 is 9.90 Å². The summed E-state index contributed by atoms with van der Waals surface area (Å²) in [5.41, 5.74) is 4.55. The number of hydrogen-bond donors (Lipinski definition) is 3. The lowest BCUT2D eigenvalue weighted by atomic mass is 10.0. The number of hydrogen-bond acceptors (Lipinski definition) is 5. The topological polar surface area (TPSA) is 74.2 Å². The molecule has 1 aromatic carbocycles. The van der Waals surface area contributed by atoms with Gasteiger partial charge in [-0.05, 0) is 37.4 Å². The molecule has 1 amide bonds. The Kier molecular flexibility index (Phi) is 5.05. The summed E-state index contributed by atoms with van der Waals surface area (Å²) in [4.78, 5) is 17.3. The van der Waals surface area contributed by atoms with Crippen molar-refractivity contribution in [1.29, 1.82) is 0 Å². The third kappa shape index (κ3) is 3.60. The Morgan fingerprint density at radius 1 is 1.48 bits per heavy atom. The summed E-state index contributed by atoms with van der Waals surface area (Å²) in [6.45, 7) is 2.86. The molecule has 23 heavy (non-hydrogen) atoms. The number of rotatable bonds is 5. The Hall–Kier alpha value is -1.76. The molecule has 3 N–H and O–H groups in total. The van der Waals surface area contributed by atoms with Gasteiger partial charge in [0.2, 0.25) is 5.91 Å². The quantitative estimate of drug-likeness (QED) is 0.785. The first-order valence-electron chi connectivity index (χ1n) is 7.86. The summed E-state index contributed by atoms with van der Waals surface area (Å²) in [6, 6.07) is 7.97. The van der Waals surface area contributed by atoms with E-state index < -0.39 is 0 Å². The normalized spacial score (nSPS) is 18.8. The maximum Gasteiger partial charge on any atom is 0.237 e. The maximum absolute atomic E-state index is 12.2. The van der Waals surface area contributed by atoms with Crippen LogP contribution in [0.1, 0.15) is 37.1 Å². The molecule has 2 aromatic rings. The minimum atomic E-state index is -0.0546. The second-order valence-electron chi connectivity index (χ2n) is 5.79. The lowest BCUT2D eigenvalue weighted by molar-refractivity contribution is -0.123. The summed E-state index contributed by atoms with van der Waals surface area (Å²) in [7, 11) is 0. The molecule has 5 nitrogen and oxygen atoms in total. The van der Waals surface area contributed by atoms with E-state index in [-0.39, 0.29) is 24.6 Å². The van der Waals surface area contributed by atoms with Crippen molar-refractivity contribution in [2.24, 2.45) is 0 Å². The Morgan fingerprint density at radius 3 is 2.91 bits per heavy atom. The molecule has 3 rings (SSSR count). The molecule has 1 aliphatic rings. The molecule has 0 bridgehead atoms. The maximum atomic E-state index is 12.2. The van der Waals surface area contributed by atoms with Crippen LogP contribution in [-0.4, -0.2) is 28.6 Å². The highest BCUT2D eigenvalue weighted by Crippen LogP contribution is 2.28. The van der Waals surface area contributed by atoms with E-state index in [1.54, 1.807) is 5.51 Å². The van der Waals surface area contributed by atoms with Crippen LogP contribution in [0.5, 0.6) is 0 Å². The van der Waals surface area contributed by atoms with Gasteiger partial charge in [-0.3, -0.25) is 4.79 Å². The Bertz CT molecular complexity index is 663. The van der Waals surface area contributed by atoms with Crippen LogP contribution >= 0.6 is 11.3 Å². The molecular weight excluding hydrogens is 310 g/mol. The highest BCUT2D eigenvalue weighted by atomic mass is 32.1. The van der Waals surface area contributed by atoms with Gasteiger partial charge in [0.05, 0.1) is 34.8 Å². The highest BCUT2D eigenvalue weighted by Gasteiger charge is 2.23. The lowest BCUT2D eigenvalue weighted by Gasteiger charge is -2.18. The lowest BCUT2D eigenvalue weighted by Crippen LogP contribution is -2.41. The van der Waals surface area contributed by atoms with Crippen molar-refractivity contribution in [3.8, 4) is 10.4 Å². The number of benzene rings is 1. The number of carbonyl (C=O) groups is 1. The van der Waals surface area contributed by atoms with Crippen LogP contribution in [0.3, 0.4) is 0 Å². The van der Waals surface area contributed by atoms with E-state index in [0.29, 0.717) is 5.69 Å². The van der Waals surface area contributed by atoms with Gasteiger partial charge in [-0.1, -0.05) is 24.3 Å². The molecule has 0 radical (unpaired) electrons. The zero-order valence-corrected chi connectivity index (χ0v) is 13.9. The van der Waals surface area contributed by atoms with E-state index in [1.165, 1.54) is 11.3 Å². The first-order valence-corrected chi connectivity index (χ1v) is 8.74. The molecule has 6 heteroatoms. The van der Waals surface area contributed by atoms with Crippen molar-refractivity contribution in [2.45, 2.75) is 38.5 Å². The van der Waals surface area contributed by atoms with Crippen molar-refractivity contribution in [3.05, 3.63) is 41.0 Å². The van der Waals surface area contributed by atoms with Gasteiger partial charge in [0.15, 0.2) is 0 Å². The molecule has 0 aliphatic carbocycles. The number of aliphatic hydroxyl groups is 1. The summed E-state index contributed by atoms with van der Waals surface area (Å²) in [5, 5.41) is 15.6. The number of nitrogens with one attached hydrogen (secondary N) is 2. The highest BCUT2D eigenvalue weighted by molar-refractivity contribution is 7.13. The third-order valence-corrected chi connectivity index (χ3v) is 5.12. The van der Waals surface area contributed by atoms with Crippen molar-refractivity contribution >= 4 is 17.2 Å². The van der Waals surface area contributed by atoms with Crippen LogP contribution in [0.25, 0.3) is 10.4 Å². The summed E-state index contributed by atoms with van der Waals surface area (Å²) < 4.78 is 0. The van der Waals surface area contributed by atoms with Gasteiger partial charge in [-0.2, -0.15) is 0 Å². The summed E-state index contributed by atoms with van der Waals surface area (Å²) in [5.74, 6) is 0.0732. The van der Waals surface area contributed by atoms with E-state index in [1.807, 2.05) is 31.2 Å². The molecule has 2 atom stereocenters. The Labute approximate surface area is 139 Å². The third-order valence-electron chi connectivity index (χ3n) is 4.20. The fourth-order valence-electron chi connectivity index (χ4n) is 2.85. The van der Waals surface area contributed by atoms with Gasteiger partial charge < -0.3 is 15.7 Å². The van der Waals surface area contributed by atoms with Crippen molar-refractivity contribution in [3.63, 3.8) is 0 Å². The molecule has 0 saturated carbocycles. The molecule has 1 saturated heterocycles. The smallest absolute Gasteiger partial charge is 0.237 e. The van der Waals surface area contributed by atoms with Gasteiger partial charge in [0.1, 0.15) is 0 Å². The minimum absolute atomic E-state index is 0.0299. The standard InChI is InChI=1S/C17H21N3O2S/c1-11(20-17(22)14-3-2-8-18-14)12-4-6-13(7-5-12)16-15(9-21)19-10-23-16/h4-7,10-11,14,18,21H,2-3,8-9H2,1H3,(H,20,22)/t11-,14?/m0/s1. The molecule has 1 fully saturated rings. The van der Waals surface area contributed by atoms with Crippen LogP contribution in [-0.2, 0) is 11.4 Å². The second kappa shape index (κ2) is 7.21. The number of aromatic nitrogens is 1. The van der Waals surface area contributed by atoms with E-state index in [0.717, 1.165) is 35.4 Å². The first-order chi connectivity index (χ1) is 11.2. The zero-order valence-electron chi connectivity index (χ0n) is 13.1. The summed E-state index contributed by atoms with van der Waals surface area (Å²) >= 11 is 1.52. The van der Waals surface area contributed by atoms with Gasteiger partial charge in [-0.15, -0.1) is 11.3 Å². The number of nitrogens with zero attached hydrogens (tertiary/aromatic N) is 1. The molecular formula is C17H21N3O2S. The van der Waals surface area contributed by atoms with Gasteiger partial charge >= 0.3 is 0 Å². The van der Waals surface area contributed by atoms with E-state index in [9.17, 15) is 9.90 Å². The average Bonchev–Trinajstić information content (AvgIpc) is 3.26. The van der Waals surface area contributed by atoms with Crippen LogP contribution in [0.15, 0.2) is 29.8 Å². The molecule has 1 aromatic heterocycles. The number of carbonyl (C=O) groups excluding carboxylic acids is 1. The van der Waals surface area contributed by atoms with Crippen LogP contribution in [0.2, 0.25) is 0 Å². The first kappa shape index (κ1) is 16.1. The fraction of sp³-hybridized carbons (Fsp3) is 0.412. The number of aliphatic hydroxyl groups excluding tert-OH is 1. The zero-order chi connectivity index (χ0) is 16.2. The van der Waals surface area contributed by atoms with Crippen LogP contribution in [0.4, 0.5) is 0 Å². The van der Waals surface area contributed by atoms with Gasteiger partial charge in [0.25, 0.3) is 0 Å². The molecule has 1 unspecified atom stereocenters. The predicted molar refractivity (Wildman–Crippen MR) is 91.1 cm³/mol. The van der Waals surface area contributed by atoms with Gasteiger partial charge in [-0.25, -0.2) is 4.98 Å². The monoisotopic (exact) mass is 331 g/mol. The minimum Gasteiger partial charge on any atom is -0.390 e. The van der Waals surface area contributed by atoms with E-state index in [2.05, 4.69) is 15.6 Å². The molecule has 122 valence electrons. The van der Waals surface area contributed by atoms with E-state index in [4.69, 9.17) is 0 Å². The largest absolute Gasteiger partial charge is 0.390 e. The van der Waals surface area contributed by atoms with Crippen LogP contribution in [0, 0.1) is 0 Å². The number of amides is 1. The van der Waals surface area contributed by atoms with Crippen molar-refractivity contribution in [2.75, 3.05) is 6.54 Å². The van der Waals surface area contributed by atoms with Crippen LogP contribution < -0.4 is 10.6 Å². The average molecular weight is 331 g/mol. The van der Waals surface area contributed by atoms with Gasteiger partial charge in [0, 0.05) is 0 Å². The van der Waals surface area contributed by atoms with Crippen molar-refractivity contribution in [1.82, 2.24) is 15.6 Å². The molecule has 2 heterocycles. The molecule has 0 spiro atoms. The predicted octanol–water partition coefficient (Wildman–Crippen LogP) is 2.23. The Morgan fingerprint density at radius 2 is 2.26 bits per heavy atom. The second-order valence-corrected chi connectivity index (χ2v) is 6.64.